The maximum atomic E-state index is 10.5. The molecule has 0 atom stereocenters. The van der Waals surface area contributed by atoms with Gasteiger partial charge in [0.1, 0.15) is 5.75 Å². The molecule has 0 radical (unpaired) electrons. The van der Waals surface area contributed by atoms with Gasteiger partial charge in [-0.25, -0.2) is 0 Å². The lowest BCUT2D eigenvalue weighted by molar-refractivity contribution is -0.118. The standard InChI is InChI=1S/C14H26N2.C10H11ClO2/c1-4-6-13(7-5-2)12-16-10-8-14(15-3)9-11-16;1-10(2,7-12)13-9-5-3-8(11)4-6-9/h4,6-7,14-15H,5,8-12H2,1-3H3;3-7H,1-2H3/b6-4-,13-7+;. The molecular formula is C24H37ClN2O2. The molecule has 29 heavy (non-hydrogen) atoms. The van der Waals surface area contributed by atoms with E-state index in [1.54, 1.807) is 38.1 Å². The fourth-order valence-electron chi connectivity index (χ4n) is 3.13. The normalized spacial score (nSPS) is 16.4. The predicted octanol–water partition coefficient (Wildman–Crippen LogP) is 5.28. The summed E-state index contributed by atoms with van der Waals surface area (Å²) in [6, 6.07) is 7.63. The minimum Gasteiger partial charge on any atom is -0.480 e. The van der Waals surface area contributed by atoms with E-state index >= 15 is 0 Å². The number of hydrogen-bond acceptors (Lipinski definition) is 4. The summed E-state index contributed by atoms with van der Waals surface area (Å²) >= 11 is 5.69. The van der Waals surface area contributed by atoms with Gasteiger partial charge in [0.25, 0.3) is 0 Å². The third kappa shape index (κ3) is 10.6. The lowest BCUT2D eigenvalue weighted by Crippen LogP contribution is -2.41. The molecule has 0 amide bonds. The topological polar surface area (TPSA) is 41.6 Å². The highest BCUT2D eigenvalue weighted by Crippen LogP contribution is 2.19. The monoisotopic (exact) mass is 420 g/mol. The maximum absolute atomic E-state index is 10.5. The number of ether oxygens (including phenoxy) is 1. The van der Waals surface area contributed by atoms with Gasteiger partial charge in [-0.3, -0.25) is 9.69 Å². The number of halogens is 1. The second kappa shape index (κ2) is 13.6. The van der Waals surface area contributed by atoms with Crippen LogP contribution >= 0.6 is 11.6 Å². The fourth-order valence-corrected chi connectivity index (χ4v) is 3.26. The Kier molecular flexibility index (Phi) is 11.9. The zero-order chi connectivity index (χ0) is 21.7. The molecule has 1 fully saturated rings. The first-order chi connectivity index (χ1) is 13.8. The van der Waals surface area contributed by atoms with Crippen molar-refractivity contribution in [3.8, 4) is 5.75 Å². The first-order valence-electron chi connectivity index (χ1n) is 10.5. The zero-order valence-corrected chi connectivity index (χ0v) is 19.3. The lowest BCUT2D eigenvalue weighted by Gasteiger charge is -2.32. The van der Waals surface area contributed by atoms with Crippen molar-refractivity contribution < 1.29 is 9.53 Å². The second-order valence-electron chi connectivity index (χ2n) is 7.80. The maximum Gasteiger partial charge on any atom is 0.162 e. The molecule has 0 spiro atoms. The van der Waals surface area contributed by atoms with Crippen LogP contribution in [-0.4, -0.2) is 49.5 Å². The van der Waals surface area contributed by atoms with Crippen LogP contribution in [-0.2, 0) is 4.79 Å². The Balaban J connectivity index is 0.000000296. The van der Waals surface area contributed by atoms with Crippen LogP contribution in [0.5, 0.6) is 5.75 Å². The summed E-state index contributed by atoms with van der Waals surface area (Å²) in [6.45, 7) is 11.3. The third-order valence-electron chi connectivity index (χ3n) is 4.73. The van der Waals surface area contributed by atoms with Crippen LogP contribution in [0.25, 0.3) is 0 Å². The Morgan fingerprint density at radius 2 is 1.90 bits per heavy atom. The van der Waals surface area contributed by atoms with E-state index in [4.69, 9.17) is 16.3 Å². The number of benzene rings is 1. The molecular weight excluding hydrogens is 384 g/mol. The zero-order valence-electron chi connectivity index (χ0n) is 18.6. The molecule has 2 rings (SSSR count). The Labute approximate surface area is 182 Å². The largest absolute Gasteiger partial charge is 0.480 e. The van der Waals surface area contributed by atoms with E-state index < -0.39 is 5.60 Å². The summed E-state index contributed by atoms with van der Waals surface area (Å²) in [6.07, 6.45) is 11.2. The predicted molar refractivity (Wildman–Crippen MR) is 124 cm³/mol. The van der Waals surface area contributed by atoms with Gasteiger partial charge in [0.05, 0.1) is 0 Å². The van der Waals surface area contributed by atoms with Crippen LogP contribution in [0.2, 0.25) is 5.02 Å². The van der Waals surface area contributed by atoms with Gasteiger partial charge in [-0.05, 0) is 90.0 Å². The van der Waals surface area contributed by atoms with E-state index in [1.807, 2.05) is 0 Å². The van der Waals surface area contributed by atoms with Crippen LogP contribution in [0, 0.1) is 0 Å². The Morgan fingerprint density at radius 1 is 1.28 bits per heavy atom. The highest BCUT2D eigenvalue weighted by molar-refractivity contribution is 6.30. The van der Waals surface area contributed by atoms with Gasteiger partial charge in [-0.1, -0.05) is 36.8 Å². The average molecular weight is 421 g/mol. The summed E-state index contributed by atoms with van der Waals surface area (Å²) in [7, 11) is 2.07. The van der Waals surface area contributed by atoms with E-state index in [1.165, 1.54) is 31.5 Å². The van der Waals surface area contributed by atoms with Gasteiger partial charge in [-0.15, -0.1) is 0 Å². The molecule has 0 unspecified atom stereocenters. The van der Waals surface area contributed by atoms with Gasteiger partial charge in [0.15, 0.2) is 11.9 Å². The summed E-state index contributed by atoms with van der Waals surface area (Å²) < 4.78 is 5.38. The first kappa shape index (κ1) is 25.4. The van der Waals surface area contributed by atoms with Gasteiger partial charge >= 0.3 is 0 Å². The molecule has 162 valence electrons. The number of carbonyl (C=O) groups is 1. The SMILES string of the molecule is C/C=C\C(=C/CC)CN1CCC(NC)CC1.CC(C)(C=O)Oc1ccc(Cl)cc1. The third-order valence-corrected chi connectivity index (χ3v) is 4.98. The lowest BCUT2D eigenvalue weighted by atomic mass is 10.0. The first-order valence-corrected chi connectivity index (χ1v) is 10.8. The van der Waals surface area contributed by atoms with E-state index in [0.717, 1.165) is 25.3 Å². The van der Waals surface area contributed by atoms with Crippen molar-refractivity contribution in [2.75, 3.05) is 26.7 Å². The van der Waals surface area contributed by atoms with Gasteiger partial charge < -0.3 is 10.1 Å². The summed E-state index contributed by atoms with van der Waals surface area (Å²) in [5.41, 5.74) is 0.682. The number of piperidine rings is 1. The van der Waals surface area contributed by atoms with Crippen molar-refractivity contribution >= 4 is 17.9 Å². The van der Waals surface area contributed by atoms with Crippen LogP contribution in [0.15, 0.2) is 48.1 Å². The van der Waals surface area contributed by atoms with E-state index in [2.05, 4.69) is 49.3 Å². The molecule has 0 saturated carbocycles. The molecule has 1 aromatic carbocycles. The second-order valence-corrected chi connectivity index (χ2v) is 8.24. The van der Waals surface area contributed by atoms with Crippen LogP contribution in [0.1, 0.15) is 47.0 Å². The molecule has 1 aromatic rings. The van der Waals surface area contributed by atoms with E-state index in [-0.39, 0.29) is 0 Å². The van der Waals surface area contributed by atoms with Gasteiger partial charge in [0, 0.05) is 17.6 Å². The number of likely N-dealkylation sites (tertiary alicyclic amines) is 1. The molecule has 1 saturated heterocycles. The molecule has 0 bridgehead atoms. The number of allylic oxidation sites excluding steroid dienone is 2. The Morgan fingerprint density at radius 3 is 2.38 bits per heavy atom. The van der Waals surface area contributed by atoms with Crippen molar-refractivity contribution in [1.82, 2.24) is 10.2 Å². The quantitative estimate of drug-likeness (QED) is 0.459. The number of rotatable bonds is 8. The minimum absolute atomic E-state index is 0.640. The summed E-state index contributed by atoms with van der Waals surface area (Å²) in [4.78, 5) is 13.1. The molecule has 1 N–H and O–H groups in total. The minimum atomic E-state index is -0.784. The van der Waals surface area contributed by atoms with E-state index in [0.29, 0.717) is 10.8 Å². The van der Waals surface area contributed by atoms with Crippen LogP contribution in [0.4, 0.5) is 0 Å². The Bertz CT molecular complexity index is 645. The molecule has 0 aliphatic carbocycles. The van der Waals surface area contributed by atoms with Crippen LogP contribution in [0.3, 0.4) is 0 Å². The number of aldehydes is 1. The number of carbonyl (C=O) groups excluding carboxylic acids is 1. The number of nitrogens with one attached hydrogen (secondary N) is 1. The highest BCUT2D eigenvalue weighted by atomic mass is 35.5. The van der Waals surface area contributed by atoms with E-state index in [9.17, 15) is 4.79 Å². The average Bonchev–Trinajstić information content (AvgIpc) is 2.71. The molecule has 1 aliphatic rings. The van der Waals surface area contributed by atoms with Crippen LogP contribution < -0.4 is 10.1 Å². The smallest absolute Gasteiger partial charge is 0.162 e. The molecule has 0 aromatic heterocycles. The molecule has 1 aliphatic heterocycles. The van der Waals surface area contributed by atoms with Crippen molar-refractivity contribution in [1.29, 1.82) is 0 Å². The Hall–Kier alpha value is -1.62. The van der Waals surface area contributed by atoms with Gasteiger partial charge in [0.2, 0.25) is 0 Å². The number of nitrogens with zero attached hydrogens (tertiary/aromatic N) is 1. The van der Waals surface area contributed by atoms with Crippen molar-refractivity contribution in [3.63, 3.8) is 0 Å². The molecule has 1 heterocycles. The van der Waals surface area contributed by atoms with Gasteiger partial charge in [-0.2, -0.15) is 0 Å². The summed E-state index contributed by atoms with van der Waals surface area (Å²) in [5, 5.41) is 4.02. The fraction of sp³-hybridized carbons (Fsp3) is 0.542. The summed E-state index contributed by atoms with van der Waals surface area (Å²) in [5.74, 6) is 0.640. The highest BCUT2D eigenvalue weighted by Gasteiger charge is 2.18. The molecule has 5 heteroatoms. The van der Waals surface area contributed by atoms with Crippen molar-refractivity contribution in [3.05, 3.63) is 53.1 Å². The molecule has 4 nitrogen and oxygen atoms in total. The van der Waals surface area contributed by atoms with Crippen molar-refractivity contribution in [2.45, 2.75) is 58.6 Å². The number of hydrogen-bond donors (Lipinski definition) is 1. The van der Waals surface area contributed by atoms with Crippen molar-refractivity contribution in [2.24, 2.45) is 0 Å².